The molecule has 0 bridgehead atoms. The molecule has 0 fully saturated rings. The Labute approximate surface area is 140 Å². The largest absolute Gasteiger partial charge is 0.357 e. The number of hydrogen-bond acceptors (Lipinski definition) is 4. The normalized spacial score (nSPS) is 13.4. The molecule has 2 N–H and O–H groups in total. The maximum atomic E-state index is 4.59. The van der Waals surface area contributed by atoms with E-state index >= 15 is 0 Å². The molecular weight excluding hydrogens is 290 g/mol. The molecule has 1 aromatic heterocycles. The fourth-order valence-electron chi connectivity index (χ4n) is 2.39. The van der Waals surface area contributed by atoms with Gasteiger partial charge in [0.25, 0.3) is 0 Å². The summed E-state index contributed by atoms with van der Waals surface area (Å²) in [7, 11) is 1.93. The maximum Gasteiger partial charge on any atom is 0.191 e. The summed E-state index contributed by atoms with van der Waals surface area (Å²) in [6.07, 6.45) is 4.02. The fraction of sp³-hybridized carbons (Fsp3) is 0.812. The highest BCUT2D eigenvalue weighted by Crippen LogP contribution is 2.00. The second-order valence-corrected chi connectivity index (χ2v) is 5.77. The second kappa shape index (κ2) is 11.0. The molecule has 1 aromatic rings. The van der Waals surface area contributed by atoms with E-state index in [0.717, 1.165) is 44.4 Å². The summed E-state index contributed by atoms with van der Waals surface area (Å²) in [6, 6.07) is 0.392. The van der Waals surface area contributed by atoms with Crippen LogP contribution in [0.5, 0.6) is 0 Å². The number of aliphatic imine (C=N–C) groups is 1. The minimum atomic E-state index is 0.392. The third-order valence-electron chi connectivity index (χ3n) is 3.92. The summed E-state index contributed by atoms with van der Waals surface area (Å²) in [4.78, 5) is 7.05. The van der Waals surface area contributed by atoms with Crippen molar-refractivity contribution in [1.82, 2.24) is 30.3 Å². The van der Waals surface area contributed by atoms with Gasteiger partial charge in [-0.05, 0) is 46.3 Å². The Balaban J connectivity index is 2.43. The van der Waals surface area contributed by atoms with Gasteiger partial charge in [-0.1, -0.05) is 13.8 Å². The molecule has 1 heterocycles. The van der Waals surface area contributed by atoms with Crippen molar-refractivity contribution in [1.29, 1.82) is 0 Å². The lowest BCUT2D eigenvalue weighted by molar-refractivity contribution is 0.292. The number of rotatable bonds is 10. The van der Waals surface area contributed by atoms with Crippen LogP contribution in [-0.4, -0.2) is 57.8 Å². The van der Waals surface area contributed by atoms with Gasteiger partial charge in [-0.3, -0.25) is 0 Å². The molecule has 132 valence electrons. The van der Waals surface area contributed by atoms with Gasteiger partial charge in [-0.2, -0.15) is 0 Å². The molecule has 1 unspecified atom stereocenters. The van der Waals surface area contributed by atoms with E-state index in [1.54, 1.807) is 6.33 Å². The Kier molecular flexibility index (Phi) is 9.28. The Bertz CT molecular complexity index is 451. The van der Waals surface area contributed by atoms with E-state index in [2.05, 4.69) is 58.4 Å². The standard InChI is InChI=1S/C16H33N7/c1-6-17-16(18-12-15-21-19-13-22(15)5)20-14(4)10-9-11-23(7-2)8-3/h13-14H,6-12H2,1-5H3,(H2,17,18,20). The molecule has 7 nitrogen and oxygen atoms in total. The lowest BCUT2D eigenvalue weighted by Crippen LogP contribution is -2.42. The van der Waals surface area contributed by atoms with Crippen LogP contribution in [0, 0.1) is 0 Å². The summed E-state index contributed by atoms with van der Waals surface area (Å²) in [5, 5.41) is 14.7. The number of nitrogens with one attached hydrogen (secondary N) is 2. The van der Waals surface area contributed by atoms with Gasteiger partial charge in [-0.25, -0.2) is 4.99 Å². The lowest BCUT2D eigenvalue weighted by Gasteiger charge is -2.21. The van der Waals surface area contributed by atoms with Crippen LogP contribution in [0.4, 0.5) is 0 Å². The zero-order chi connectivity index (χ0) is 17.1. The average Bonchev–Trinajstić information content (AvgIpc) is 2.94. The van der Waals surface area contributed by atoms with Crippen LogP contribution in [0.3, 0.4) is 0 Å². The molecule has 1 atom stereocenters. The van der Waals surface area contributed by atoms with Gasteiger partial charge in [0.2, 0.25) is 0 Å². The molecule has 7 heteroatoms. The maximum absolute atomic E-state index is 4.59. The predicted molar refractivity (Wildman–Crippen MR) is 95.4 cm³/mol. The SMILES string of the molecule is CCNC(=NCc1nncn1C)NC(C)CCCN(CC)CC. The van der Waals surface area contributed by atoms with Crippen molar-refractivity contribution in [3.8, 4) is 0 Å². The summed E-state index contributed by atoms with van der Waals surface area (Å²) < 4.78 is 1.89. The van der Waals surface area contributed by atoms with Gasteiger partial charge in [0.15, 0.2) is 11.8 Å². The Morgan fingerprint density at radius 1 is 1.35 bits per heavy atom. The van der Waals surface area contributed by atoms with Crippen molar-refractivity contribution in [3.05, 3.63) is 12.2 Å². The zero-order valence-electron chi connectivity index (χ0n) is 15.3. The van der Waals surface area contributed by atoms with Gasteiger partial charge in [0, 0.05) is 19.6 Å². The third-order valence-corrected chi connectivity index (χ3v) is 3.92. The first-order chi connectivity index (χ1) is 11.1. The van der Waals surface area contributed by atoms with E-state index in [9.17, 15) is 0 Å². The highest BCUT2D eigenvalue weighted by Gasteiger charge is 2.07. The van der Waals surface area contributed by atoms with Crippen molar-refractivity contribution < 1.29 is 0 Å². The van der Waals surface area contributed by atoms with Crippen molar-refractivity contribution >= 4 is 5.96 Å². The molecule has 0 amide bonds. The van der Waals surface area contributed by atoms with E-state index in [1.807, 2.05) is 11.6 Å². The van der Waals surface area contributed by atoms with Crippen LogP contribution >= 0.6 is 0 Å². The first kappa shape index (κ1) is 19.4. The molecule has 0 aliphatic rings. The van der Waals surface area contributed by atoms with E-state index in [1.165, 1.54) is 6.42 Å². The topological polar surface area (TPSA) is 70.4 Å². The zero-order valence-corrected chi connectivity index (χ0v) is 15.3. The van der Waals surface area contributed by atoms with E-state index in [-0.39, 0.29) is 0 Å². The molecule has 0 radical (unpaired) electrons. The highest BCUT2D eigenvalue weighted by atomic mass is 15.3. The van der Waals surface area contributed by atoms with Crippen LogP contribution in [0.1, 0.15) is 46.4 Å². The third kappa shape index (κ3) is 7.45. The molecule has 0 aliphatic heterocycles. The van der Waals surface area contributed by atoms with Crippen molar-refractivity contribution in [2.75, 3.05) is 26.2 Å². The van der Waals surface area contributed by atoms with Crippen molar-refractivity contribution in [3.63, 3.8) is 0 Å². The molecule has 23 heavy (non-hydrogen) atoms. The second-order valence-electron chi connectivity index (χ2n) is 5.77. The van der Waals surface area contributed by atoms with Crippen LogP contribution < -0.4 is 10.6 Å². The first-order valence-corrected chi connectivity index (χ1v) is 8.70. The van der Waals surface area contributed by atoms with Gasteiger partial charge < -0.3 is 20.1 Å². The van der Waals surface area contributed by atoms with Crippen LogP contribution in [-0.2, 0) is 13.6 Å². The minimum Gasteiger partial charge on any atom is -0.357 e. The summed E-state index contributed by atoms with van der Waals surface area (Å²) in [6.45, 7) is 13.5. The van der Waals surface area contributed by atoms with E-state index in [0.29, 0.717) is 12.6 Å². The molecule has 0 saturated carbocycles. The van der Waals surface area contributed by atoms with Gasteiger partial charge in [0.1, 0.15) is 12.9 Å². The van der Waals surface area contributed by atoms with Crippen molar-refractivity contribution in [2.24, 2.45) is 12.0 Å². The Hall–Kier alpha value is -1.63. The lowest BCUT2D eigenvalue weighted by atomic mass is 10.2. The summed E-state index contributed by atoms with van der Waals surface area (Å²) >= 11 is 0. The Morgan fingerprint density at radius 3 is 2.65 bits per heavy atom. The fourth-order valence-corrected chi connectivity index (χ4v) is 2.39. The minimum absolute atomic E-state index is 0.392. The molecule has 0 saturated heterocycles. The Morgan fingerprint density at radius 2 is 2.09 bits per heavy atom. The van der Waals surface area contributed by atoms with Gasteiger partial charge in [0.05, 0.1) is 0 Å². The number of hydrogen-bond donors (Lipinski definition) is 2. The summed E-state index contributed by atoms with van der Waals surface area (Å²) in [5.41, 5.74) is 0. The number of aromatic nitrogens is 3. The van der Waals surface area contributed by atoms with Gasteiger partial charge in [-0.15, -0.1) is 10.2 Å². The monoisotopic (exact) mass is 323 g/mol. The van der Waals surface area contributed by atoms with Crippen LogP contribution in [0.15, 0.2) is 11.3 Å². The number of aryl methyl sites for hydroxylation is 1. The number of guanidine groups is 1. The quantitative estimate of drug-likeness (QED) is 0.503. The predicted octanol–water partition coefficient (Wildman–Crippen LogP) is 1.38. The molecular formula is C16H33N7. The van der Waals surface area contributed by atoms with E-state index < -0.39 is 0 Å². The number of nitrogens with zero attached hydrogens (tertiary/aromatic N) is 5. The molecule has 0 aromatic carbocycles. The smallest absolute Gasteiger partial charge is 0.191 e. The van der Waals surface area contributed by atoms with E-state index in [4.69, 9.17) is 0 Å². The molecule has 0 aliphatic carbocycles. The average molecular weight is 323 g/mol. The highest BCUT2D eigenvalue weighted by molar-refractivity contribution is 5.79. The van der Waals surface area contributed by atoms with Crippen molar-refractivity contribution in [2.45, 2.75) is 53.1 Å². The van der Waals surface area contributed by atoms with Crippen LogP contribution in [0.2, 0.25) is 0 Å². The molecule has 0 spiro atoms. The first-order valence-electron chi connectivity index (χ1n) is 8.70. The summed E-state index contributed by atoms with van der Waals surface area (Å²) in [5.74, 6) is 1.70. The van der Waals surface area contributed by atoms with Crippen LogP contribution in [0.25, 0.3) is 0 Å². The molecule has 1 rings (SSSR count). The van der Waals surface area contributed by atoms with Gasteiger partial charge >= 0.3 is 0 Å².